The van der Waals surface area contributed by atoms with Gasteiger partial charge in [-0.1, -0.05) is 6.07 Å². The maximum Gasteiger partial charge on any atom is 0.273 e. The van der Waals surface area contributed by atoms with E-state index >= 15 is 0 Å². The van der Waals surface area contributed by atoms with Crippen LogP contribution in [0.5, 0.6) is 0 Å². The van der Waals surface area contributed by atoms with Crippen molar-refractivity contribution in [1.82, 2.24) is 4.90 Å². The first kappa shape index (κ1) is 15.1. The molecule has 1 aromatic rings. The maximum absolute atomic E-state index is 12.1. The molecule has 0 radical (unpaired) electrons. The quantitative estimate of drug-likeness (QED) is 0.664. The van der Waals surface area contributed by atoms with Gasteiger partial charge in [0.1, 0.15) is 0 Å². The maximum atomic E-state index is 12.1. The van der Waals surface area contributed by atoms with Crippen LogP contribution in [0.15, 0.2) is 18.2 Å². The van der Waals surface area contributed by atoms with Gasteiger partial charge in [-0.3, -0.25) is 14.9 Å². The number of rotatable bonds is 4. The fourth-order valence-electron chi connectivity index (χ4n) is 1.81. The number of benzene rings is 1. The van der Waals surface area contributed by atoms with Crippen LogP contribution in [0, 0.1) is 17.0 Å². The van der Waals surface area contributed by atoms with Crippen LogP contribution in [-0.4, -0.2) is 40.0 Å². The van der Waals surface area contributed by atoms with Crippen molar-refractivity contribution in [3.05, 3.63) is 39.4 Å². The third-order valence-corrected chi connectivity index (χ3v) is 2.62. The molecule has 0 saturated carbocycles. The molecule has 0 aliphatic carbocycles. The molecule has 0 saturated heterocycles. The summed E-state index contributed by atoms with van der Waals surface area (Å²) >= 11 is 0. The van der Waals surface area contributed by atoms with Crippen molar-refractivity contribution in [2.45, 2.75) is 26.4 Å². The molecule has 0 fully saturated rings. The predicted octanol–water partition coefficient (Wildman–Crippen LogP) is 1.75. The lowest BCUT2D eigenvalue weighted by Gasteiger charge is -2.25. The molecular weight excluding hydrogens is 248 g/mol. The average Bonchev–Trinajstić information content (AvgIpc) is 2.26. The van der Waals surface area contributed by atoms with Gasteiger partial charge in [0.25, 0.3) is 11.6 Å². The molecule has 0 bridgehead atoms. The Bertz CT molecular complexity index is 506. The first-order valence-corrected chi connectivity index (χ1v) is 5.85. The number of amides is 1. The second-order valence-corrected chi connectivity index (χ2v) is 5.23. The molecule has 1 rings (SSSR count). The Kier molecular flexibility index (Phi) is 4.26. The Morgan fingerprint density at radius 3 is 2.53 bits per heavy atom. The zero-order valence-electron chi connectivity index (χ0n) is 11.5. The van der Waals surface area contributed by atoms with Crippen LogP contribution < -0.4 is 0 Å². The van der Waals surface area contributed by atoms with E-state index in [9.17, 15) is 20.0 Å². The molecule has 0 atom stereocenters. The lowest BCUT2D eigenvalue weighted by atomic mass is 10.1. The minimum Gasteiger partial charge on any atom is -0.389 e. The minimum absolute atomic E-state index is 0.0810. The molecule has 1 N–H and O–H groups in total. The van der Waals surface area contributed by atoms with Gasteiger partial charge in [-0.25, -0.2) is 0 Å². The van der Waals surface area contributed by atoms with Crippen molar-refractivity contribution in [3.8, 4) is 0 Å². The third-order valence-electron chi connectivity index (χ3n) is 2.62. The van der Waals surface area contributed by atoms with E-state index in [0.717, 1.165) is 0 Å². The summed E-state index contributed by atoms with van der Waals surface area (Å²) in [5.41, 5.74) is -0.348. The summed E-state index contributed by atoms with van der Waals surface area (Å²) in [4.78, 5) is 23.8. The van der Waals surface area contributed by atoms with Crippen molar-refractivity contribution in [2.24, 2.45) is 0 Å². The zero-order chi connectivity index (χ0) is 14.8. The molecule has 0 aliphatic heterocycles. The number of hydrogen-bond donors (Lipinski definition) is 1. The molecule has 0 heterocycles. The standard InChI is InChI=1S/C13H18N2O4/c1-9-5-6-10(7-11(9)15(18)19)12(16)14(4)8-13(2,3)17/h5-7,17H,8H2,1-4H3. The van der Waals surface area contributed by atoms with Gasteiger partial charge in [0, 0.05) is 30.8 Å². The molecular formula is C13H18N2O4. The first-order valence-electron chi connectivity index (χ1n) is 5.85. The number of nitro groups is 1. The molecule has 0 aromatic heterocycles. The van der Waals surface area contributed by atoms with Gasteiger partial charge in [0.15, 0.2) is 0 Å². The summed E-state index contributed by atoms with van der Waals surface area (Å²) in [7, 11) is 1.55. The van der Waals surface area contributed by atoms with Crippen molar-refractivity contribution in [1.29, 1.82) is 0 Å². The van der Waals surface area contributed by atoms with E-state index < -0.39 is 10.5 Å². The summed E-state index contributed by atoms with van der Waals surface area (Å²) in [6.07, 6.45) is 0. The van der Waals surface area contributed by atoms with Gasteiger partial charge in [0.05, 0.1) is 10.5 Å². The third kappa shape index (κ3) is 4.03. The number of nitro benzene ring substituents is 1. The van der Waals surface area contributed by atoms with Gasteiger partial charge in [-0.2, -0.15) is 0 Å². The molecule has 1 aromatic carbocycles. The van der Waals surface area contributed by atoms with Crippen molar-refractivity contribution in [2.75, 3.05) is 13.6 Å². The smallest absolute Gasteiger partial charge is 0.273 e. The zero-order valence-corrected chi connectivity index (χ0v) is 11.5. The highest BCUT2D eigenvalue weighted by Gasteiger charge is 2.22. The predicted molar refractivity (Wildman–Crippen MR) is 71.1 cm³/mol. The number of aryl methyl sites for hydroxylation is 1. The van der Waals surface area contributed by atoms with Gasteiger partial charge in [-0.15, -0.1) is 0 Å². The normalized spacial score (nSPS) is 11.2. The highest BCUT2D eigenvalue weighted by Crippen LogP contribution is 2.20. The van der Waals surface area contributed by atoms with Gasteiger partial charge < -0.3 is 10.0 Å². The van der Waals surface area contributed by atoms with Crippen LogP contribution >= 0.6 is 0 Å². The van der Waals surface area contributed by atoms with Crippen LogP contribution in [0.1, 0.15) is 29.8 Å². The molecule has 0 spiro atoms. The van der Waals surface area contributed by atoms with E-state index in [4.69, 9.17) is 0 Å². The lowest BCUT2D eigenvalue weighted by molar-refractivity contribution is -0.385. The number of carbonyl (C=O) groups is 1. The van der Waals surface area contributed by atoms with Crippen LogP contribution in [0.2, 0.25) is 0 Å². The number of hydrogen-bond acceptors (Lipinski definition) is 4. The molecule has 104 valence electrons. The van der Waals surface area contributed by atoms with E-state index in [-0.39, 0.29) is 23.7 Å². The van der Waals surface area contributed by atoms with Gasteiger partial charge >= 0.3 is 0 Å². The van der Waals surface area contributed by atoms with E-state index in [1.807, 2.05) is 0 Å². The number of carbonyl (C=O) groups excluding carboxylic acids is 1. The Balaban J connectivity index is 3.01. The van der Waals surface area contributed by atoms with Crippen LogP contribution in [0.3, 0.4) is 0 Å². The number of aliphatic hydroxyl groups is 1. The van der Waals surface area contributed by atoms with E-state index in [1.54, 1.807) is 40.0 Å². The second kappa shape index (κ2) is 5.36. The highest BCUT2D eigenvalue weighted by molar-refractivity contribution is 5.94. The van der Waals surface area contributed by atoms with Gasteiger partial charge in [0.2, 0.25) is 0 Å². The van der Waals surface area contributed by atoms with Crippen molar-refractivity contribution in [3.63, 3.8) is 0 Å². The number of likely N-dealkylation sites (N-methyl/N-ethyl adjacent to an activating group) is 1. The Labute approximate surface area is 111 Å². The van der Waals surface area contributed by atoms with Crippen LogP contribution in [0.25, 0.3) is 0 Å². The summed E-state index contributed by atoms with van der Waals surface area (Å²) in [6.45, 7) is 4.95. The first-order chi connectivity index (χ1) is 8.61. The summed E-state index contributed by atoms with van der Waals surface area (Å²) < 4.78 is 0. The van der Waals surface area contributed by atoms with E-state index in [2.05, 4.69) is 0 Å². The molecule has 6 heteroatoms. The fourth-order valence-corrected chi connectivity index (χ4v) is 1.81. The Morgan fingerprint density at radius 2 is 2.05 bits per heavy atom. The van der Waals surface area contributed by atoms with Crippen molar-refractivity contribution < 1.29 is 14.8 Å². The van der Waals surface area contributed by atoms with E-state index in [0.29, 0.717) is 5.56 Å². The van der Waals surface area contributed by atoms with Crippen LogP contribution in [0.4, 0.5) is 5.69 Å². The molecule has 1 amide bonds. The lowest BCUT2D eigenvalue weighted by Crippen LogP contribution is -2.39. The van der Waals surface area contributed by atoms with Gasteiger partial charge in [-0.05, 0) is 26.8 Å². The monoisotopic (exact) mass is 266 g/mol. The second-order valence-electron chi connectivity index (χ2n) is 5.23. The van der Waals surface area contributed by atoms with Crippen molar-refractivity contribution >= 4 is 11.6 Å². The summed E-state index contributed by atoms with van der Waals surface area (Å²) in [5.74, 6) is -0.356. The molecule has 19 heavy (non-hydrogen) atoms. The molecule has 0 unspecified atom stereocenters. The Hall–Kier alpha value is -1.95. The largest absolute Gasteiger partial charge is 0.389 e. The summed E-state index contributed by atoms with van der Waals surface area (Å²) in [6, 6.07) is 4.35. The highest BCUT2D eigenvalue weighted by atomic mass is 16.6. The fraction of sp³-hybridized carbons (Fsp3) is 0.462. The SMILES string of the molecule is Cc1ccc(C(=O)N(C)CC(C)(C)O)cc1[N+](=O)[O-]. The van der Waals surface area contributed by atoms with E-state index in [1.165, 1.54) is 11.0 Å². The minimum atomic E-state index is -1.01. The molecule has 6 nitrogen and oxygen atoms in total. The summed E-state index contributed by atoms with van der Waals surface area (Å²) in [5, 5.41) is 20.5. The topological polar surface area (TPSA) is 83.7 Å². The Morgan fingerprint density at radius 1 is 1.47 bits per heavy atom. The molecule has 0 aliphatic rings. The average molecular weight is 266 g/mol. The van der Waals surface area contributed by atoms with Crippen LogP contribution in [-0.2, 0) is 0 Å². The number of nitrogens with zero attached hydrogens (tertiary/aromatic N) is 2.